The molecule has 28 heavy (non-hydrogen) atoms. The molecule has 6 nitrogen and oxygen atoms in total. The highest BCUT2D eigenvalue weighted by molar-refractivity contribution is 6.78. The molecule has 0 aliphatic heterocycles. The van der Waals surface area contributed by atoms with E-state index in [1.54, 1.807) is 21.3 Å². The lowest BCUT2D eigenvalue weighted by molar-refractivity contribution is -0.136. The summed E-state index contributed by atoms with van der Waals surface area (Å²) in [5.41, 5.74) is 1.23. The van der Waals surface area contributed by atoms with Crippen LogP contribution in [0.15, 0.2) is 0 Å². The van der Waals surface area contributed by atoms with E-state index in [0.717, 1.165) is 32.1 Å². The number of nitrogens with zero attached hydrogens (tertiary/aromatic N) is 1. The SMILES string of the molecule is CCN(CCC[Si](OC)(OC)OC)CCC(=O)O[Si](C(C)C)(C(C)C)C(C)C. The molecule has 0 aromatic carbocycles. The molecule has 0 radical (unpaired) electrons. The van der Waals surface area contributed by atoms with Crippen molar-refractivity contribution in [2.75, 3.05) is 41.0 Å². The van der Waals surface area contributed by atoms with Gasteiger partial charge in [-0.1, -0.05) is 48.5 Å². The summed E-state index contributed by atoms with van der Waals surface area (Å²) in [6.45, 7) is 17.8. The Labute approximate surface area is 175 Å². The van der Waals surface area contributed by atoms with Gasteiger partial charge in [0.15, 0.2) is 0 Å². The second-order valence-electron chi connectivity index (χ2n) is 8.37. The molecule has 168 valence electrons. The fraction of sp³-hybridized carbons (Fsp3) is 0.950. The van der Waals surface area contributed by atoms with Crippen LogP contribution in [0.2, 0.25) is 22.7 Å². The first-order valence-electron chi connectivity index (χ1n) is 10.6. The van der Waals surface area contributed by atoms with Crippen LogP contribution < -0.4 is 0 Å². The average Bonchev–Trinajstić information content (AvgIpc) is 2.65. The van der Waals surface area contributed by atoms with E-state index in [1.807, 2.05) is 0 Å². The van der Waals surface area contributed by atoms with Gasteiger partial charge in [-0.05, 0) is 36.1 Å². The molecular formula is C20H45NO5Si2. The molecule has 0 N–H and O–H groups in total. The zero-order valence-corrected chi connectivity index (χ0v) is 22.0. The van der Waals surface area contributed by atoms with Gasteiger partial charge in [0.05, 0.1) is 6.42 Å². The largest absolute Gasteiger partial charge is 0.518 e. The van der Waals surface area contributed by atoms with Crippen LogP contribution in [-0.4, -0.2) is 69.0 Å². The van der Waals surface area contributed by atoms with E-state index < -0.39 is 17.1 Å². The molecule has 0 amide bonds. The summed E-state index contributed by atoms with van der Waals surface area (Å²) in [6.07, 6.45) is 1.35. The van der Waals surface area contributed by atoms with Crippen LogP contribution >= 0.6 is 0 Å². The van der Waals surface area contributed by atoms with Crippen molar-refractivity contribution in [1.29, 1.82) is 0 Å². The molecule has 0 spiro atoms. The molecule has 0 bridgehead atoms. The first kappa shape index (κ1) is 27.7. The van der Waals surface area contributed by atoms with Gasteiger partial charge in [0.1, 0.15) is 0 Å². The third-order valence-corrected chi connectivity index (χ3v) is 14.8. The van der Waals surface area contributed by atoms with Crippen molar-refractivity contribution in [1.82, 2.24) is 4.90 Å². The van der Waals surface area contributed by atoms with Crippen LogP contribution in [0.4, 0.5) is 0 Å². The summed E-state index contributed by atoms with van der Waals surface area (Å²) < 4.78 is 22.7. The minimum absolute atomic E-state index is 0.0457. The molecule has 0 aliphatic rings. The minimum atomic E-state index is -2.52. The second kappa shape index (κ2) is 13.1. The first-order valence-corrected chi connectivity index (χ1v) is 14.7. The predicted molar refractivity (Wildman–Crippen MR) is 120 cm³/mol. The Morgan fingerprint density at radius 2 is 1.32 bits per heavy atom. The third-order valence-electron chi connectivity index (χ3n) is 5.97. The summed E-state index contributed by atoms with van der Waals surface area (Å²) >= 11 is 0. The Bertz CT molecular complexity index is 412. The van der Waals surface area contributed by atoms with Gasteiger partial charge in [-0.2, -0.15) is 0 Å². The summed E-state index contributed by atoms with van der Waals surface area (Å²) in [5.74, 6) is -0.0457. The summed E-state index contributed by atoms with van der Waals surface area (Å²) in [4.78, 5) is 15.0. The molecular weight excluding hydrogens is 390 g/mol. The Morgan fingerprint density at radius 3 is 1.68 bits per heavy atom. The molecule has 0 fully saturated rings. The van der Waals surface area contributed by atoms with Crippen LogP contribution in [-0.2, 0) is 22.5 Å². The number of carbonyl (C=O) groups is 1. The van der Waals surface area contributed by atoms with Gasteiger partial charge in [-0.25, -0.2) is 0 Å². The Morgan fingerprint density at radius 1 is 0.857 bits per heavy atom. The zero-order valence-electron chi connectivity index (χ0n) is 20.0. The minimum Gasteiger partial charge on any atom is -0.518 e. The van der Waals surface area contributed by atoms with Crippen molar-refractivity contribution < 1.29 is 22.5 Å². The van der Waals surface area contributed by atoms with Crippen LogP contribution in [0.3, 0.4) is 0 Å². The molecule has 0 rings (SSSR count). The van der Waals surface area contributed by atoms with Crippen molar-refractivity contribution in [2.45, 2.75) is 84.0 Å². The highest BCUT2D eigenvalue weighted by Gasteiger charge is 2.48. The molecule has 0 aromatic heterocycles. The predicted octanol–water partition coefficient (Wildman–Crippen LogP) is 4.69. The van der Waals surface area contributed by atoms with E-state index in [4.69, 9.17) is 17.7 Å². The number of hydrogen-bond donors (Lipinski definition) is 0. The monoisotopic (exact) mass is 435 g/mol. The van der Waals surface area contributed by atoms with Crippen molar-refractivity contribution >= 4 is 23.1 Å². The van der Waals surface area contributed by atoms with E-state index in [-0.39, 0.29) is 5.97 Å². The number of rotatable bonds is 15. The van der Waals surface area contributed by atoms with Crippen LogP contribution in [0, 0.1) is 0 Å². The molecule has 0 aromatic rings. The Hall–Kier alpha value is -0.256. The lowest BCUT2D eigenvalue weighted by atomic mass is 10.3. The van der Waals surface area contributed by atoms with Crippen molar-refractivity contribution in [3.63, 3.8) is 0 Å². The van der Waals surface area contributed by atoms with Gasteiger partial charge in [0, 0.05) is 33.9 Å². The van der Waals surface area contributed by atoms with Crippen molar-refractivity contribution in [2.24, 2.45) is 0 Å². The van der Waals surface area contributed by atoms with E-state index in [0.29, 0.717) is 23.0 Å². The molecule has 0 aliphatic carbocycles. The molecule has 0 saturated carbocycles. The maximum Gasteiger partial charge on any atom is 0.500 e. The lowest BCUT2D eigenvalue weighted by Crippen LogP contribution is -2.49. The van der Waals surface area contributed by atoms with Crippen molar-refractivity contribution in [3.8, 4) is 0 Å². The van der Waals surface area contributed by atoms with Crippen molar-refractivity contribution in [3.05, 3.63) is 0 Å². The third kappa shape index (κ3) is 7.53. The van der Waals surface area contributed by atoms with Crippen LogP contribution in [0.1, 0.15) is 61.3 Å². The summed E-state index contributed by atoms with van der Waals surface area (Å²) in [6, 6.07) is 0.765. The molecule has 0 unspecified atom stereocenters. The van der Waals surface area contributed by atoms with Gasteiger partial charge in [0.25, 0.3) is 14.3 Å². The van der Waals surface area contributed by atoms with E-state index in [1.165, 1.54) is 0 Å². The van der Waals surface area contributed by atoms with Gasteiger partial charge in [-0.3, -0.25) is 4.79 Å². The average molecular weight is 436 g/mol. The number of carbonyl (C=O) groups excluding carboxylic acids is 1. The standard InChI is InChI=1S/C20H45NO5Si2/c1-11-21(14-12-16-27(23-8,24-9)25-10)15-13-20(22)26-28(17(2)3,18(4)5)19(6)7/h17-19H,11-16H2,1-10H3. The normalized spacial score (nSPS) is 13.2. The van der Waals surface area contributed by atoms with E-state index in [2.05, 4.69) is 53.4 Å². The lowest BCUT2D eigenvalue weighted by Gasteiger charge is -2.41. The fourth-order valence-electron chi connectivity index (χ4n) is 4.35. The highest BCUT2D eigenvalue weighted by Crippen LogP contribution is 2.42. The number of hydrogen-bond acceptors (Lipinski definition) is 6. The van der Waals surface area contributed by atoms with Gasteiger partial charge in [0.2, 0.25) is 0 Å². The van der Waals surface area contributed by atoms with Gasteiger partial charge < -0.3 is 22.6 Å². The fourth-order valence-corrected chi connectivity index (χ4v) is 11.3. The molecule has 8 heteroatoms. The second-order valence-corrected chi connectivity index (χ2v) is 16.8. The van der Waals surface area contributed by atoms with E-state index >= 15 is 0 Å². The Kier molecular flexibility index (Phi) is 13.0. The van der Waals surface area contributed by atoms with Crippen LogP contribution in [0.25, 0.3) is 0 Å². The zero-order chi connectivity index (χ0) is 22.0. The quantitative estimate of drug-likeness (QED) is 0.348. The maximum atomic E-state index is 12.7. The van der Waals surface area contributed by atoms with Gasteiger partial charge >= 0.3 is 8.80 Å². The smallest absolute Gasteiger partial charge is 0.500 e. The highest BCUT2D eigenvalue weighted by atomic mass is 28.4. The molecule has 0 atom stereocenters. The Balaban J connectivity index is 4.72. The summed E-state index contributed by atoms with van der Waals surface area (Å²) in [5, 5.41) is 0. The van der Waals surface area contributed by atoms with Gasteiger partial charge in [-0.15, -0.1) is 0 Å². The first-order chi connectivity index (χ1) is 13.0. The molecule has 0 saturated heterocycles. The van der Waals surface area contributed by atoms with E-state index in [9.17, 15) is 4.79 Å². The summed E-state index contributed by atoms with van der Waals surface area (Å²) in [7, 11) is 0.246. The topological polar surface area (TPSA) is 57.2 Å². The van der Waals surface area contributed by atoms with Crippen LogP contribution in [0.5, 0.6) is 0 Å². The maximum absolute atomic E-state index is 12.7. The molecule has 0 heterocycles.